The van der Waals surface area contributed by atoms with Crippen LogP contribution in [0.15, 0.2) is 36.4 Å². The molecule has 2 aromatic rings. The lowest BCUT2D eigenvalue weighted by atomic mass is 10.1. The molecule has 4 nitrogen and oxygen atoms in total. The molecule has 0 saturated heterocycles. The summed E-state index contributed by atoms with van der Waals surface area (Å²) >= 11 is 13.4. The van der Waals surface area contributed by atoms with E-state index in [-0.39, 0.29) is 11.7 Å². The molecule has 0 aliphatic rings. The van der Waals surface area contributed by atoms with E-state index in [1.807, 2.05) is 0 Å². The Hall–Kier alpha value is -1.69. The first-order valence-corrected chi connectivity index (χ1v) is 9.78. The third kappa shape index (κ3) is 5.94. The number of ether oxygens (including phenoxy) is 1. The van der Waals surface area contributed by atoms with Crippen LogP contribution in [0.1, 0.15) is 28.4 Å². The largest absolute Gasteiger partial charge is 0.496 e. The van der Waals surface area contributed by atoms with Gasteiger partial charge in [-0.25, -0.2) is 0 Å². The summed E-state index contributed by atoms with van der Waals surface area (Å²) < 4.78 is 5.32. The summed E-state index contributed by atoms with van der Waals surface area (Å²) in [6.45, 7) is 1.87. The number of hydrogen-bond acceptors (Lipinski definition) is 4. The minimum Gasteiger partial charge on any atom is -0.496 e. The molecule has 0 heterocycles. The second-order valence-corrected chi connectivity index (χ2v) is 7.42. The molecular formula is C19H19Cl2NO3S. The maximum atomic E-state index is 12.0. The molecule has 0 radical (unpaired) electrons. The van der Waals surface area contributed by atoms with Gasteiger partial charge in [-0.1, -0.05) is 29.3 Å². The van der Waals surface area contributed by atoms with Crippen molar-refractivity contribution in [2.24, 2.45) is 0 Å². The number of nitrogens with one attached hydrogen (secondary N) is 1. The van der Waals surface area contributed by atoms with Crippen LogP contribution in [0.4, 0.5) is 0 Å². The highest BCUT2D eigenvalue weighted by Gasteiger charge is 2.09. The van der Waals surface area contributed by atoms with E-state index in [0.717, 1.165) is 11.1 Å². The topological polar surface area (TPSA) is 55.4 Å². The number of Topliss-reactive ketones (excluding diaryl/α,β-unsaturated/α-hetero) is 1. The summed E-state index contributed by atoms with van der Waals surface area (Å²) in [6.07, 6.45) is 0. The van der Waals surface area contributed by atoms with E-state index in [0.29, 0.717) is 39.4 Å². The molecule has 0 bridgehead atoms. The Labute approximate surface area is 167 Å². The number of methoxy groups -OCH3 is 1. The highest BCUT2D eigenvalue weighted by molar-refractivity contribution is 7.99. The number of halogens is 2. The van der Waals surface area contributed by atoms with Crippen molar-refractivity contribution in [3.05, 3.63) is 63.1 Å². The Morgan fingerprint density at radius 2 is 1.88 bits per heavy atom. The van der Waals surface area contributed by atoms with Crippen LogP contribution in [0.25, 0.3) is 0 Å². The van der Waals surface area contributed by atoms with Gasteiger partial charge < -0.3 is 10.1 Å². The zero-order valence-electron chi connectivity index (χ0n) is 14.5. The van der Waals surface area contributed by atoms with Gasteiger partial charge in [-0.15, -0.1) is 11.8 Å². The van der Waals surface area contributed by atoms with Gasteiger partial charge in [0.15, 0.2) is 5.78 Å². The summed E-state index contributed by atoms with van der Waals surface area (Å²) in [7, 11) is 1.58. The fourth-order valence-electron chi connectivity index (χ4n) is 2.27. The number of carbonyl (C=O) groups excluding carboxylic acids is 2. The van der Waals surface area contributed by atoms with Crippen LogP contribution in [0.5, 0.6) is 5.75 Å². The van der Waals surface area contributed by atoms with Gasteiger partial charge in [0.05, 0.1) is 12.9 Å². The Bertz CT molecular complexity index is 811. The van der Waals surface area contributed by atoms with Gasteiger partial charge in [0.1, 0.15) is 5.75 Å². The first kappa shape index (κ1) is 20.6. The summed E-state index contributed by atoms with van der Waals surface area (Å²) in [5.74, 6) is 1.47. The molecule has 0 unspecified atom stereocenters. The molecule has 26 heavy (non-hydrogen) atoms. The Morgan fingerprint density at radius 1 is 1.12 bits per heavy atom. The molecule has 0 spiro atoms. The van der Waals surface area contributed by atoms with Gasteiger partial charge in [-0.2, -0.15) is 0 Å². The van der Waals surface area contributed by atoms with Crippen LogP contribution in [-0.4, -0.2) is 24.6 Å². The van der Waals surface area contributed by atoms with Crippen molar-refractivity contribution in [3.8, 4) is 5.75 Å². The van der Waals surface area contributed by atoms with Crippen molar-refractivity contribution in [1.29, 1.82) is 0 Å². The third-order valence-electron chi connectivity index (χ3n) is 3.67. The second-order valence-electron chi connectivity index (χ2n) is 5.59. The van der Waals surface area contributed by atoms with Crippen LogP contribution in [0, 0.1) is 0 Å². The second kappa shape index (κ2) is 9.86. The van der Waals surface area contributed by atoms with Crippen molar-refractivity contribution in [3.63, 3.8) is 0 Å². The van der Waals surface area contributed by atoms with E-state index in [1.165, 1.54) is 18.7 Å². The molecule has 7 heteroatoms. The van der Waals surface area contributed by atoms with Gasteiger partial charge in [0.2, 0.25) is 5.91 Å². The first-order valence-electron chi connectivity index (χ1n) is 7.87. The summed E-state index contributed by atoms with van der Waals surface area (Å²) in [5, 5.41) is 3.91. The van der Waals surface area contributed by atoms with Crippen molar-refractivity contribution in [2.75, 3.05) is 12.9 Å². The molecule has 0 saturated carbocycles. The minimum absolute atomic E-state index is 0.00325. The highest BCUT2D eigenvalue weighted by atomic mass is 35.5. The van der Waals surface area contributed by atoms with Crippen LogP contribution in [-0.2, 0) is 17.1 Å². The minimum atomic E-state index is -0.0947. The summed E-state index contributed by atoms with van der Waals surface area (Å²) in [5.41, 5.74) is 2.33. The fraction of sp³-hybridized carbons (Fsp3) is 0.263. The molecule has 0 atom stereocenters. The fourth-order valence-corrected chi connectivity index (χ4v) is 3.58. The van der Waals surface area contributed by atoms with Gasteiger partial charge in [-0.05, 0) is 42.8 Å². The average molecular weight is 412 g/mol. The predicted octanol–water partition coefficient (Wildman–Crippen LogP) is 4.75. The Kier molecular flexibility index (Phi) is 7.82. The van der Waals surface area contributed by atoms with Crippen molar-refractivity contribution in [2.45, 2.75) is 19.2 Å². The molecule has 2 rings (SSSR count). The van der Waals surface area contributed by atoms with E-state index in [4.69, 9.17) is 27.9 Å². The van der Waals surface area contributed by atoms with Gasteiger partial charge in [-0.3, -0.25) is 9.59 Å². The highest BCUT2D eigenvalue weighted by Crippen LogP contribution is 2.25. The number of benzene rings is 2. The van der Waals surface area contributed by atoms with E-state index >= 15 is 0 Å². The summed E-state index contributed by atoms with van der Waals surface area (Å²) in [6, 6.07) is 10.5. The van der Waals surface area contributed by atoms with Gasteiger partial charge >= 0.3 is 0 Å². The Morgan fingerprint density at radius 3 is 2.54 bits per heavy atom. The molecule has 1 amide bonds. The maximum Gasteiger partial charge on any atom is 0.230 e. The normalized spacial score (nSPS) is 10.5. The number of hydrogen-bond donors (Lipinski definition) is 1. The molecule has 0 aliphatic carbocycles. The van der Waals surface area contributed by atoms with Gasteiger partial charge in [0, 0.05) is 33.5 Å². The number of thioether (sulfide) groups is 1. The average Bonchev–Trinajstić information content (AvgIpc) is 2.60. The molecule has 2 aromatic carbocycles. The molecule has 0 fully saturated rings. The molecule has 0 aromatic heterocycles. The zero-order valence-corrected chi connectivity index (χ0v) is 16.8. The smallest absolute Gasteiger partial charge is 0.230 e. The number of amides is 1. The van der Waals surface area contributed by atoms with Crippen molar-refractivity contribution >= 4 is 46.7 Å². The third-order valence-corrected chi connectivity index (χ3v) is 5.24. The number of ketones is 1. The molecular weight excluding hydrogens is 393 g/mol. The lowest BCUT2D eigenvalue weighted by molar-refractivity contribution is -0.118. The Balaban J connectivity index is 1.86. The standard InChI is InChI=1S/C19H19Cl2NO3S/c1-12(23)13-4-6-18(25-2)15(7-13)10-26-11-19(24)22-9-14-3-5-16(20)8-17(14)21/h3-8H,9-11H2,1-2H3,(H,22,24). The van der Waals surface area contributed by atoms with E-state index in [9.17, 15) is 9.59 Å². The van der Waals surface area contributed by atoms with Crippen molar-refractivity contribution in [1.82, 2.24) is 5.32 Å². The quantitative estimate of drug-likeness (QED) is 0.636. The SMILES string of the molecule is COc1ccc(C(C)=O)cc1CSCC(=O)NCc1ccc(Cl)cc1Cl. The van der Waals surface area contributed by atoms with Crippen LogP contribution < -0.4 is 10.1 Å². The van der Waals surface area contributed by atoms with Crippen LogP contribution in [0.3, 0.4) is 0 Å². The van der Waals surface area contributed by atoms with E-state index in [2.05, 4.69) is 5.32 Å². The summed E-state index contributed by atoms with van der Waals surface area (Å²) in [4.78, 5) is 23.5. The number of rotatable bonds is 8. The van der Waals surface area contributed by atoms with Crippen LogP contribution in [0.2, 0.25) is 10.0 Å². The number of carbonyl (C=O) groups is 2. The molecule has 0 aliphatic heterocycles. The molecule has 1 N–H and O–H groups in total. The zero-order chi connectivity index (χ0) is 19.1. The van der Waals surface area contributed by atoms with Gasteiger partial charge in [0.25, 0.3) is 0 Å². The van der Waals surface area contributed by atoms with E-state index < -0.39 is 0 Å². The lowest BCUT2D eigenvalue weighted by Crippen LogP contribution is -2.24. The van der Waals surface area contributed by atoms with Crippen molar-refractivity contribution < 1.29 is 14.3 Å². The van der Waals surface area contributed by atoms with E-state index in [1.54, 1.807) is 43.5 Å². The maximum absolute atomic E-state index is 12.0. The molecule has 138 valence electrons. The lowest BCUT2D eigenvalue weighted by Gasteiger charge is -2.10. The predicted molar refractivity (Wildman–Crippen MR) is 107 cm³/mol. The monoisotopic (exact) mass is 411 g/mol. The first-order chi connectivity index (χ1) is 12.4. The van der Waals surface area contributed by atoms with Crippen LogP contribution >= 0.6 is 35.0 Å².